The molecule has 0 aromatic heterocycles. The van der Waals surface area contributed by atoms with Gasteiger partial charge < -0.3 is 15.0 Å². The molecule has 1 aliphatic heterocycles. The highest BCUT2D eigenvalue weighted by molar-refractivity contribution is 7.92. The zero-order valence-corrected chi connectivity index (χ0v) is 20.2. The highest BCUT2D eigenvalue weighted by Gasteiger charge is 2.21. The van der Waals surface area contributed by atoms with Gasteiger partial charge in [0.15, 0.2) is 0 Å². The summed E-state index contributed by atoms with van der Waals surface area (Å²) in [4.78, 5) is 15.1. The molecule has 0 saturated carbocycles. The van der Waals surface area contributed by atoms with Crippen LogP contribution in [0.1, 0.15) is 28.8 Å². The second-order valence-electron chi connectivity index (χ2n) is 8.24. The number of sulfonamides is 1. The summed E-state index contributed by atoms with van der Waals surface area (Å²) in [6, 6.07) is 21.0. The van der Waals surface area contributed by atoms with Gasteiger partial charge in [0.2, 0.25) is 0 Å². The summed E-state index contributed by atoms with van der Waals surface area (Å²) in [5.41, 5.74) is 3.17. The van der Waals surface area contributed by atoms with E-state index in [0.29, 0.717) is 23.5 Å². The third-order valence-electron chi connectivity index (χ3n) is 6.07. The molecular weight excluding hydrogens is 450 g/mol. The largest absolute Gasteiger partial charge is 0.497 e. The third-order valence-corrected chi connectivity index (χ3v) is 7.87. The molecule has 1 N–H and O–H groups in total. The summed E-state index contributed by atoms with van der Waals surface area (Å²) in [5.74, 6) is 0.371. The van der Waals surface area contributed by atoms with E-state index in [-0.39, 0.29) is 10.8 Å². The zero-order chi connectivity index (χ0) is 24.1. The Labute approximate surface area is 201 Å². The fourth-order valence-corrected chi connectivity index (χ4v) is 5.15. The summed E-state index contributed by atoms with van der Waals surface area (Å²) in [6.45, 7) is 2.62. The third kappa shape index (κ3) is 5.17. The molecule has 0 unspecified atom stereocenters. The van der Waals surface area contributed by atoms with Crippen LogP contribution in [0.4, 0.5) is 11.4 Å². The Morgan fingerprint density at radius 1 is 0.941 bits per heavy atom. The first-order chi connectivity index (χ1) is 16.4. The van der Waals surface area contributed by atoms with Crippen LogP contribution in [-0.2, 0) is 16.6 Å². The quantitative estimate of drug-likeness (QED) is 0.527. The number of ether oxygens (including phenoxy) is 1. The fraction of sp³-hybridized carbons (Fsp3) is 0.269. The van der Waals surface area contributed by atoms with Crippen molar-refractivity contribution < 1.29 is 17.9 Å². The van der Waals surface area contributed by atoms with Gasteiger partial charge in [-0.2, -0.15) is 0 Å². The van der Waals surface area contributed by atoms with Crippen LogP contribution in [-0.4, -0.2) is 41.6 Å². The Balaban J connectivity index is 1.37. The highest BCUT2D eigenvalue weighted by atomic mass is 32.2. The summed E-state index contributed by atoms with van der Waals surface area (Å²) in [7, 11) is -0.720. The lowest BCUT2D eigenvalue weighted by atomic mass is 10.1. The molecule has 0 atom stereocenters. The van der Waals surface area contributed by atoms with E-state index in [1.165, 1.54) is 49.1 Å². The van der Waals surface area contributed by atoms with Gasteiger partial charge >= 0.3 is 0 Å². The number of rotatable bonds is 8. The molecule has 1 fully saturated rings. The summed E-state index contributed by atoms with van der Waals surface area (Å²) in [5, 5.41) is 2.92. The Hall–Kier alpha value is -3.52. The molecule has 0 spiro atoms. The van der Waals surface area contributed by atoms with E-state index in [4.69, 9.17) is 4.74 Å². The van der Waals surface area contributed by atoms with Crippen molar-refractivity contribution in [2.45, 2.75) is 24.3 Å². The molecule has 34 heavy (non-hydrogen) atoms. The number of amides is 1. The van der Waals surface area contributed by atoms with Gasteiger partial charge in [-0.15, -0.1) is 0 Å². The van der Waals surface area contributed by atoms with Gasteiger partial charge in [0.1, 0.15) is 5.75 Å². The lowest BCUT2D eigenvalue weighted by molar-refractivity contribution is 0.0951. The lowest BCUT2D eigenvalue weighted by Crippen LogP contribution is -2.27. The van der Waals surface area contributed by atoms with E-state index in [2.05, 4.69) is 22.3 Å². The van der Waals surface area contributed by atoms with E-state index >= 15 is 0 Å². The molecule has 8 heteroatoms. The van der Waals surface area contributed by atoms with Crippen molar-refractivity contribution >= 4 is 27.3 Å². The molecule has 7 nitrogen and oxygen atoms in total. The SMILES string of the molecule is COc1ccc(S(=O)(=O)N(C)c2ccc(C(=O)NCc3ccc(N4CCCC4)cc3)cc2)cc1. The molecule has 0 radical (unpaired) electrons. The molecule has 1 saturated heterocycles. The van der Waals surface area contributed by atoms with Crippen LogP contribution < -0.4 is 19.3 Å². The Morgan fingerprint density at radius 3 is 2.15 bits per heavy atom. The van der Waals surface area contributed by atoms with Crippen LogP contribution in [0.25, 0.3) is 0 Å². The van der Waals surface area contributed by atoms with Crippen LogP contribution in [0, 0.1) is 0 Å². The first-order valence-corrected chi connectivity index (χ1v) is 12.7. The van der Waals surface area contributed by atoms with Gasteiger partial charge in [-0.1, -0.05) is 12.1 Å². The van der Waals surface area contributed by atoms with Crippen LogP contribution in [0.5, 0.6) is 5.75 Å². The number of methoxy groups -OCH3 is 1. The van der Waals surface area contributed by atoms with Gasteiger partial charge in [0.25, 0.3) is 15.9 Å². The van der Waals surface area contributed by atoms with E-state index in [1.807, 2.05) is 12.1 Å². The van der Waals surface area contributed by atoms with Crippen molar-refractivity contribution in [1.29, 1.82) is 0 Å². The number of carbonyl (C=O) groups excluding carboxylic acids is 1. The molecular formula is C26H29N3O4S. The highest BCUT2D eigenvalue weighted by Crippen LogP contribution is 2.24. The number of hydrogen-bond acceptors (Lipinski definition) is 5. The zero-order valence-electron chi connectivity index (χ0n) is 19.4. The summed E-state index contributed by atoms with van der Waals surface area (Å²) in [6.07, 6.45) is 2.47. The number of anilines is 2. The van der Waals surface area contributed by atoms with Crippen molar-refractivity contribution in [3.05, 3.63) is 83.9 Å². The molecule has 0 bridgehead atoms. The summed E-state index contributed by atoms with van der Waals surface area (Å²) < 4.78 is 32.1. The number of nitrogens with one attached hydrogen (secondary N) is 1. The molecule has 0 aliphatic carbocycles. The topological polar surface area (TPSA) is 79.0 Å². The maximum atomic E-state index is 12.9. The standard InChI is InChI=1S/C26H29N3O4S/c1-28(34(31,32)25-15-13-24(33-2)14-16-25)22-11-7-21(8-12-22)26(30)27-19-20-5-9-23(10-6-20)29-17-3-4-18-29/h5-16H,3-4,17-19H2,1-2H3,(H,27,30). The second kappa shape index (κ2) is 10.2. The van der Waals surface area contributed by atoms with Gasteiger partial charge in [-0.3, -0.25) is 9.10 Å². The predicted molar refractivity (Wildman–Crippen MR) is 134 cm³/mol. The van der Waals surface area contributed by atoms with Crippen molar-refractivity contribution in [2.75, 3.05) is 36.5 Å². The van der Waals surface area contributed by atoms with Crippen LogP contribution in [0.2, 0.25) is 0 Å². The average molecular weight is 480 g/mol. The number of carbonyl (C=O) groups is 1. The Morgan fingerprint density at radius 2 is 1.56 bits per heavy atom. The van der Waals surface area contributed by atoms with Crippen LogP contribution >= 0.6 is 0 Å². The van der Waals surface area contributed by atoms with Crippen LogP contribution in [0.3, 0.4) is 0 Å². The first kappa shape index (κ1) is 23.6. The molecule has 1 aliphatic rings. The van der Waals surface area contributed by atoms with Crippen molar-refractivity contribution in [1.82, 2.24) is 5.32 Å². The predicted octanol–water partition coefficient (Wildman–Crippen LogP) is 4.05. The van der Waals surface area contributed by atoms with Crippen molar-refractivity contribution in [2.24, 2.45) is 0 Å². The summed E-state index contributed by atoms with van der Waals surface area (Å²) >= 11 is 0. The minimum atomic E-state index is -3.73. The van der Waals surface area contributed by atoms with Gasteiger partial charge in [0, 0.05) is 37.9 Å². The Kier molecular flexibility index (Phi) is 7.07. The normalized spacial score (nSPS) is 13.5. The van der Waals surface area contributed by atoms with E-state index < -0.39 is 10.0 Å². The minimum absolute atomic E-state index is 0.161. The minimum Gasteiger partial charge on any atom is -0.497 e. The number of hydrogen-bond donors (Lipinski definition) is 1. The molecule has 3 aromatic carbocycles. The molecule has 1 heterocycles. The average Bonchev–Trinajstić information content (AvgIpc) is 3.42. The molecule has 1 amide bonds. The number of benzene rings is 3. The monoisotopic (exact) mass is 479 g/mol. The molecule has 3 aromatic rings. The van der Waals surface area contributed by atoms with E-state index in [9.17, 15) is 13.2 Å². The van der Waals surface area contributed by atoms with Crippen molar-refractivity contribution in [3.8, 4) is 5.75 Å². The van der Waals surface area contributed by atoms with E-state index in [1.54, 1.807) is 36.4 Å². The Bertz CT molecular complexity index is 1220. The van der Waals surface area contributed by atoms with Crippen LogP contribution in [0.15, 0.2) is 77.7 Å². The van der Waals surface area contributed by atoms with Crippen molar-refractivity contribution in [3.63, 3.8) is 0 Å². The van der Waals surface area contributed by atoms with Gasteiger partial charge in [-0.05, 0) is 79.1 Å². The second-order valence-corrected chi connectivity index (χ2v) is 10.2. The maximum Gasteiger partial charge on any atom is 0.264 e. The maximum absolute atomic E-state index is 12.9. The smallest absolute Gasteiger partial charge is 0.264 e. The van der Waals surface area contributed by atoms with Gasteiger partial charge in [-0.25, -0.2) is 8.42 Å². The van der Waals surface area contributed by atoms with E-state index in [0.717, 1.165) is 18.7 Å². The van der Waals surface area contributed by atoms with Gasteiger partial charge in [0.05, 0.1) is 17.7 Å². The number of nitrogens with zero attached hydrogens (tertiary/aromatic N) is 2. The lowest BCUT2D eigenvalue weighted by Gasteiger charge is -2.20. The molecule has 4 rings (SSSR count). The first-order valence-electron chi connectivity index (χ1n) is 11.2. The molecule has 178 valence electrons. The fourth-order valence-electron chi connectivity index (χ4n) is 3.95.